The lowest BCUT2D eigenvalue weighted by molar-refractivity contribution is 0.0734. The molecule has 0 amide bonds. The molecular weight excluding hydrogens is 428 g/mol. The van der Waals surface area contributed by atoms with Gasteiger partial charge in [-0.2, -0.15) is 0 Å². The second kappa shape index (κ2) is 13.7. The SMILES string of the molecule is CCCCCCc1ccc(C(=O)Oc2ccc(C=Nc3ncc(CCCCC)s3)cc2)cc1. The molecule has 0 spiro atoms. The van der Waals surface area contributed by atoms with E-state index in [1.54, 1.807) is 29.7 Å². The highest BCUT2D eigenvalue weighted by Crippen LogP contribution is 2.23. The largest absolute Gasteiger partial charge is 0.423 e. The van der Waals surface area contributed by atoms with E-state index in [0.717, 1.165) is 23.5 Å². The number of rotatable bonds is 13. The zero-order chi connectivity index (χ0) is 23.3. The first kappa shape index (κ1) is 24.8. The maximum absolute atomic E-state index is 12.5. The van der Waals surface area contributed by atoms with Gasteiger partial charge < -0.3 is 4.74 Å². The Kier molecular flexibility index (Phi) is 10.3. The van der Waals surface area contributed by atoms with Crippen molar-refractivity contribution >= 4 is 28.7 Å². The number of ether oxygens (including phenoxy) is 1. The molecular formula is C28H34N2O2S. The molecule has 0 aliphatic heterocycles. The lowest BCUT2D eigenvalue weighted by atomic mass is 10.0. The molecule has 0 saturated heterocycles. The molecule has 0 radical (unpaired) electrons. The number of esters is 1. The minimum Gasteiger partial charge on any atom is -0.423 e. The summed E-state index contributed by atoms with van der Waals surface area (Å²) in [7, 11) is 0. The Hall–Kier alpha value is -2.79. The number of nitrogens with zero attached hydrogens (tertiary/aromatic N) is 2. The van der Waals surface area contributed by atoms with Gasteiger partial charge in [0.15, 0.2) is 0 Å². The second-order valence-electron chi connectivity index (χ2n) is 8.29. The van der Waals surface area contributed by atoms with Crippen LogP contribution in [0.25, 0.3) is 0 Å². The topological polar surface area (TPSA) is 51.5 Å². The van der Waals surface area contributed by atoms with Crippen LogP contribution < -0.4 is 4.74 Å². The van der Waals surface area contributed by atoms with Gasteiger partial charge in [-0.25, -0.2) is 14.8 Å². The standard InChI is InChI=1S/C28H34N2O2S/c1-3-5-7-9-10-22-12-16-24(17-13-22)27(31)32-25-18-14-23(15-19-25)20-29-28-30-21-26(33-28)11-8-6-4-2/h12-21H,3-11H2,1-2H3. The average molecular weight is 463 g/mol. The molecule has 0 aliphatic carbocycles. The molecule has 0 unspecified atom stereocenters. The van der Waals surface area contributed by atoms with Crippen LogP contribution in [-0.2, 0) is 12.8 Å². The molecule has 33 heavy (non-hydrogen) atoms. The predicted octanol–water partition coefficient (Wildman–Crippen LogP) is 7.97. The van der Waals surface area contributed by atoms with Crippen molar-refractivity contribution in [2.45, 2.75) is 71.6 Å². The lowest BCUT2D eigenvalue weighted by Crippen LogP contribution is -2.08. The van der Waals surface area contributed by atoms with Crippen molar-refractivity contribution in [1.82, 2.24) is 4.98 Å². The summed E-state index contributed by atoms with van der Waals surface area (Å²) in [5, 5.41) is 0.769. The first-order valence-corrected chi connectivity index (χ1v) is 12.9. The monoisotopic (exact) mass is 462 g/mol. The van der Waals surface area contributed by atoms with Gasteiger partial charge in [-0.1, -0.05) is 69.4 Å². The summed E-state index contributed by atoms with van der Waals surface area (Å²) in [6.45, 7) is 4.43. The Morgan fingerprint density at radius 2 is 1.61 bits per heavy atom. The smallest absolute Gasteiger partial charge is 0.343 e. The van der Waals surface area contributed by atoms with Crippen LogP contribution in [0.4, 0.5) is 5.13 Å². The highest BCUT2D eigenvalue weighted by Gasteiger charge is 2.09. The fourth-order valence-electron chi connectivity index (χ4n) is 3.50. The van der Waals surface area contributed by atoms with Crippen molar-refractivity contribution in [3.05, 3.63) is 76.3 Å². The third kappa shape index (κ3) is 8.58. The van der Waals surface area contributed by atoms with E-state index < -0.39 is 0 Å². The Morgan fingerprint density at radius 1 is 0.909 bits per heavy atom. The van der Waals surface area contributed by atoms with Crippen LogP contribution in [-0.4, -0.2) is 17.2 Å². The first-order chi connectivity index (χ1) is 16.2. The molecule has 0 N–H and O–H groups in total. The van der Waals surface area contributed by atoms with E-state index in [4.69, 9.17) is 4.74 Å². The maximum atomic E-state index is 12.5. The van der Waals surface area contributed by atoms with Gasteiger partial charge in [-0.05, 0) is 73.2 Å². The molecule has 0 atom stereocenters. The molecule has 1 heterocycles. The number of aromatic nitrogens is 1. The molecule has 0 fully saturated rings. The van der Waals surface area contributed by atoms with Crippen LogP contribution in [0, 0.1) is 0 Å². The first-order valence-electron chi connectivity index (χ1n) is 12.1. The molecule has 1 aromatic heterocycles. The summed E-state index contributed by atoms with van der Waals surface area (Å²) in [6, 6.07) is 15.1. The number of benzene rings is 2. The molecule has 2 aromatic carbocycles. The molecule has 0 aliphatic rings. The number of hydrogen-bond donors (Lipinski definition) is 0. The van der Waals surface area contributed by atoms with Crippen LogP contribution in [0.1, 0.15) is 85.2 Å². The Morgan fingerprint density at radius 3 is 2.33 bits per heavy atom. The van der Waals surface area contributed by atoms with Crippen molar-refractivity contribution < 1.29 is 9.53 Å². The minimum absolute atomic E-state index is 0.340. The van der Waals surface area contributed by atoms with Crippen molar-refractivity contribution in [2.75, 3.05) is 0 Å². The van der Waals surface area contributed by atoms with Gasteiger partial charge in [0.1, 0.15) is 5.75 Å². The van der Waals surface area contributed by atoms with E-state index in [2.05, 4.69) is 23.8 Å². The van der Waals surface area contributed by atoms with Crippen LogP contribution in [0.3, 0.4) is 0 Å². The van der Waals surface area contributed by atoms with Gasteiger partial charge >= 0.3 is 5.97 Å². The van der Waals surface area contributed by atoms with Crippen molar-refractivity contribution in [3.63, 3.8) is 0 Å². The molecule has 4 nitrogen and oxygen atoms in total. The van der Waals surface area contributed by atoms with Gasteiger partial charge in [0.2, 0.25) is 5.13 Å². The van der Waals surface area contributed by atoms with Crippen LogP contribution in [0.15, 0.2) is 59.7 Å². The zero-order valence-electron chi connectivity index (χ0n) is 19.8. The fourth-order valence-corrected chi connectivity index (χ4v) is 4.30. The number of carbonyl (C=O) groups is 1. The van der Waals surface area contributed by atoms with Crippen molar-refractivity contribution in [2.24, 2.45) is 4.99 Å². The molecule has 3 rings (SSSR count). The molecule has 0 bridgehead atoms. The average Bonchev–Trinajstić information content (AvgIpc) is 3.30. The third-order valence-corrected chi connectivity index (χ3v) is 6.46. The van der Waals surface area contributed by atoms with Crippen LogP contribution in [0.5, 0.6) is 5.75 Å². The van der Waals surface area contributed by atoms with Crippen molar-refractivity contribution in [3.8, 4) is 5.75 Å². The number of aliphatic imine (C=N–C) groups is 1. The molecule has 174 valence electrons. The van der Waals surface area contributed by atoms with Gasteiger partial charge in [-0.15, -0.1) is 0 Å². The fraction of sp³-hybridized carbons (Fsp3) is 0.393. The highest BCUT2D eigenvalue weighted by atomic mass is 32.1. The zero-order valence-corrected chi connectivity index (χ0v) is 20.6. The van der Waals surface area contributed by atoms with E-state index in [1.807, 2.05) is 42.6 Å². The number of aryl methyl sites for hydroxylation is 2. The van der Waals surface area contributed by atoms with Gasteiger partial charge in [0, 0.05) is 17.3 Å². The summed E-state index contributed by atoms with van der Waals surface area (Å²) in [5.41, 5.74) is 2.76. The van der Waals surface area contributed by atoms with E-state index >= 15 is 0 Å². The molecule has 3 aromatic rings. The Bertz CT molecular complexity index is 1010. The minimum atomic E-state index is -0.340. The van der Waals surface area contributed by atoms with E-state index in [9.17, 15) is 4.79 Å². The van der Waals surface area contributed by atoms with Crippen LogP contribution >= 0.6 is 11.3 Å². The van der Waals surface area contributed by atoms with E-state index in [0.29, 0.717) is 11.3 Å². The Labute approximate surface area is 201 Å². The van der Waals surface area contributed by atoms with E-state index in [-0.39, 0.29) is 5.97 Å². The van der Waals surface area contributed by atoms with Gasteiger partial charge in [0.05, 0.1) is 5.56 Å². The Balaban J connectivity index is 1.48. The summed E-state index contributed by atoms with van der Waals surface area (Å²) in [4.78, 5) is 22.6. The number of thiazole rings is 1. The molecule has 0 saturated carbocycles. The highest BCUT2D eigenvalue weighted by molar-refractivity contribution is 7.15. The molecule has 5 heteroatoms. The second-order valence-corrected chi connectivity index (χ2v) is 9.38. The van der Waals surface area contributed by atoms with Crippen molar-refractivity contribution in [1.29, 1.82) is 0 Å². The number of carbonyl (C=O) groups excluding carboxylic acids is 1. The van der Waals surface area contributed by atoms with Gasteiger partial charge in [-0.3, -0.25) is 0 Å². The third-order valence-electron chi connectivity index (χ3n) is 5.49. The normalized spacial score (nSPS) is 11.2. The summed E-state index contributed by atoms with van der Waals surface area (Å²) < 4.78 is 5.53. The summed E-state index contributed by atoms with van der Waals surface area (Å²) in [5.74, 6) is 0.181. The summed E-state index contributed by atoms with van der Waals surface area (Å²) >= 11 is 1.64. The number of hydrogen-bond acceptors (Lipinski definition) is 5. The lowest BCUT2D eigenvalue weighted by Gasteiger charge is -2.06. The quantitative estimate of drug-likeness (QED) is 0.112. The summed E-state index contributed by atoms with van der Waals surface area (Å²) in [6.07, 6.45) is 14.5. The van der Waals surface area contributed by atoms with Crippen LogP contribution in [0.2, 0.25) is 0 Å². The predicted molar refractivity (Wildman–Crippen MR) is 138 cm³/mol. The maximum Gasteiger partial charge on any atom is 0.343 e. The number of unbranched alkanes of at least 4 members (excludes halogenated alkanes) is 5. The van der Waals surface area contributed by atoms with Gasteiger partial charge in [0.25, 0.3) is 0 Å². The van der Waals surface area contributed by atoms with E-state index in [1.165, 1.54) is 55.4 Å².